The van der Waals surface area contributed by atoms with E-state index < -0.39 is 0 Å². The van der Waals surface area contributed by atoms with Crippen LogP contribution in [0.3, 0.4) is 0 Å². The first kappa shape index (κ1) is 9.66. The topological polar surface area (TPSA) is 50.1 Å². The van der Waals surface area contributed by atoms with Crippen LogP contribution < -0.4 is 10.6 Å². The molecule has 3 heterocycles. The fraction of sp³-hybridized carbons (Fsp3) is 0.417. The third kappa shape index (κ3) is 1.76. The highest BCUT2D eigenvalue weighted by molar-refractivity contribution is 5.87. The van der Waals surface area contributed by atoms with Gasteiger partial charge in [0.15, 0.2) is 0 Å². The molecule has 0 saturated carbocycles. The Hall–Kier alpha value is -1.55. The van der Waals surface area contributed by atoms with Gasteiger partial charge in [0.2, 0.25) is 0 Å². The number of hydrogen-bond donors (Lipinski definition) is 2. The van der Waals surface area contributed by atoms with Crippen molar-refractivity contribution in [3.63, 3.8) is 0 Å². The van der Waals surface area contributed by atoms with Crippen molar-refractivity contribution in [3.05, 3.63) is 24.6 Å². The normalized spacial score (nSPS) is 20.4. The van der Waals surface area contributed by atoms with Crippen LogP contribution in [0.2, 0.25) is 0 Å². The maximum Gasteiger partial charge on any atom is 0.139 e. The van der Waals surface area contributed by atoms with Crippen LogP contribution in [0.5, 0.6) is 0 Å². The number of rotatable bonds is 3. The summed E-state index contributed by atoms with van der Waals surface area (Å²) in [5, 5.41) is 7.89. The molecule has 4 heteroatoms. The molecule has 16 heavy (non-hydrogen) atoms. The zero-order valence-corrected chi connectivity index (χ0v) is 9.07. The van der Waals surface area contributed by atoms with Gasteiger partial charge in [-0.1, -0.05) is 0 Å². The van der Waals surface area contributed by atoms with Crippen LogP contribution in [-0.2, 0) is 0 Å². The molecule has 3 rings (SSSR count). The number of anilines is 1. The van der Waals surface area contributed by atoms with E-state index in [1.165, 1.54) is 12.8 Å². The van der Waals surface area contributed by atoms with Crippen molar-refractivity contribution in [1.29, 1.82) is 0 Å². The summed E-state index contributed by atoms with van der Waals surface area (Å²) in [6, 6.07) is 4.41. The molecular formula is C12H15N3O. The molecule has 2 aromatic rings. The smallest absolute Gasteiger partial charge is 0.139 e. The van der Waals surface area contributed by atoms with Gasteiger partial charge in [0.1, 0.15) is 11.4 Å². The van der Waals surface area contributed by atoms with Crippen LogP contribution in [0.4, 0.5) is 5.82 Å². The summed E-state index contributed by atoms with van der Waals surface area (Å²) >= 11 is 0. The van der Waals surface area contributed by atoms with E-state index >= 15 is 0 Å². The lowest BCUT2D eigenvalue weighted by Crippen LogP contribution is -2.29. The van der Waals surface area contributed by atoms with Crippen molar-refractivity contribution < 1.29 is 4.42 Å². The van der Waals surface area contributed by atoms with Crippen molar-refractivity contribution in [2.75, 3.05) is 18.4 Å². The van der Waals surface area contributed by atoms with Gasteiger partial charge >= 0.3 is 0 Å². The van der Waals surface area contributed by atoms with Crippen LogP contribution in [0.25, 0.3) is 11.0 Å². The first-order chi connectivity index (χ1) is 7.93. The Morgan fingerprint density at radius 1 is 1.50 bits per heavy atom. The highest BCUT2D eigenvalue weighted by Gasteiger charge is 2.14. The number of furan rings is 1. The van der Waals surface area contributed by atoms with E-state index in [0.29, 0.717) is 6.04 Å². The SMILES string of the molecule is c1cc2occc2c(NCC2CCCN2)n1. The van der Waals surface area contributed by atoms with Gasteiger partial charge in [0, 0.05) is 18.8 Å². The molecule has 1 aliphatic rings. The fourth-order valence-corrected chi connectivity index (χ4v) is 2.19. The van der Waals surface area contributed by atoms with E-state index in [4.69, 9.17) is 4.42 Å². The van der Waals surface area contributed by atoms with Gasteiger partial charge in [-0.25, -0.2) is 4.98 Å². The lowest BCUT2D eigenvalue weighted by molar-refractivity contribution is 0.615. The zero-order valence-electron chi connectivity index (χ0n) is 9.07. The number of nitrogens with one attached hydrogen (secondary N) is 2. The Morgan fingerprint density at radius 3 is 3.38 bits per heavy atom. The largest absolute Gasteiger partial charge is 0.464 e. The van der Waals surface area contributed by atoms with E-state index in [1.807, 2.05) is 12.1 Å². The average Bonchev–Trinajstić information content (AvgIpc) is 2.97. The Labute approximate surface area is 94.0 Å². The van der Waals surface area contributed by atoms with Crippen molar-refractivity contribution in [2.45, 2.75) is 18.9 Å². The second-order valence-electron chi connectivity index (χ2n) is 4.17. The molecule has 1 unspecified atom stereocenters. The number of fused-ring (bicyclic) bond motifs is 1. The molecule has 1 fully saturated rings. The second-order valence-corrected chi connectivity index (χ2v) is 4.17. The summed E-state index contributed by atoms with van der Waals surface area (Å²) in [7, 11) is 0. The minimum atomic E-state index is 0.573. The predicted octanol–water partition coefficient (Wildman–Crippen LogP) is 1.99. The molecule has 4 nitrogen and oxygen atoms in total. The summed E-state index contributed by atoms with van der Waals surface area (Å²) < 4.78 is 5.33. The molecule has 84 valence electrons. The molecule has 0 aromatic carbocycles. The third-order valence-corrected chi connectivity index (χ3v) is 3.06. The van der Waals surface area contributed by atoms with Crippen molar-refractivity contribution in [3.8, 4) is 0 Å². The molecule has 2 aromatic heterocycles. The van der Waals surface area contributed by atoms with Gasteiger partial charge in [-0.05, 0) is 31.5 Å². The molecule has 0 radical (unpaired) electrons. The molecule has 0 spiro atoms. The summed E-state index contributed by atoms with van der Waals surface area (Å²) in [6.45, 7) is 2.06. The number of pyridine rings is 1. The van der Waals surface area contributed by atoms with Crippen molar-refractivity contribution in [2.24, 2.45) is 0 Å². The van der Waals surface area contributed by atoms with Crippen LogP contribution in [-0.4, -0.2) is 24.1 Å². The summed E-state index contributed by atoms with van der Waals surface area (Å²) in [5.41, 5.74) is 0.886. The minimum Gasteiger partial charge on any atom is -0.464 e. The summed E-state index contributed by atoms with van der Waals surface area (Å²) in [6.07, 6.45) is 5.99. The average molecular weight is 217 g/mol. The van der Waals surface area contributed by atoms with Crippen molar-refractivity contribution in [1.82, 2.24) is 10.3 Å². The summed E-state index contributed by atoms with van der Waals surface area (Å²) in [4.78, 5) is 4.34. The first-order valence-electron chi connectivity index (χ1n) is 5.73. The monoisotopic (exact) mass is 217 g/mol. The van der Waals surface area contributed by atoms with Gasteiger partial charge in [-0.15, -0.1) is 0 Å². The lowest BCUT2D eigenvalue weighted by atomic mass is 10.2. The molecule has 1 atom stereocenters. The molecule has 2 N–H and O–H groups in total. The van der Waals surface area contributed by atoms with Gasteiger partial charge < -0.3 is 15.1 Å². The van der Waals surface area contributed by atoms with E-state index in [2.05, 4.69) is 15.6 Å². The van der Waals surface area contributed by atoms with Crippen LogP contribution in [0.15, 0.2) is 29.0 Å². The lowest BCUT2D eigenvalue weighted by Gasteiger charge is -2.12. The zero-order chi connectivity index (χ0) is 10.8. The van der Waals surface area contributed by atoms with Gasteiger partial charge in [-0.2, -0.15) is 0 Å². The van der Waals surface area contributed by atoms with Crippen LogP contribution in [0, 0.1) is 0 Å². The predicted molar refractivity (Wildman–Crippen MR) is 63.5 cm³/mol. The third-order valence-electron chi connectivity index (χ3n) is 3.06. The Kier molecular flexibility index (Phi) is 2.50. The first-order valence-corrected chi connectivity index (χ1v) is 5.73. The van der Waals surface area contributed by atoms with E-state index in [0.717, 1.165) is 29.9 Å². The molecule has 1 aliphatic heterocycles. The quantitative estimate of drug-likeness (QED) is 0.825. The Balaban J connectivity index is 1.75. The van der Waals surface area contributed by atoms with E-state index in [9.17, 15) is 0 Å². The van der Waals surface area contributed by atoms with Gasteiger partial charge in [0.05, 0.1) is 11.6 Å². The molecular weight excluding hydrogens is 202 g/mol. The highest BCUT2D eigenvalue weighted by atomic mass is 16.3. The van der Waals surface area contributed by atoms with Gasteiger partial charge in [-0.3, -0.25) is 0 Å². The Bertz CT molecular complexity index is 474. The Morgan fingerprint density at radius 2 is 2.50 bits per heavy atom. The minimum absolute atomic E-state index is 0.573. The molecule has 0 aliphatic carbocycles. The van der Waals surface area contributed by atoms with Crippen LogP contribution >= 0.6 is 0 Å². The summed E-state index contributed by atoms with van der Waals surface area (Å²) in [5.74, 6) is 0.917. The van der Waals surface area contributed by atoms with Crippen LogP contribution in [0.1, 0.15) is 12.8 Å². The van der Waals surface area contributed by atoms with Crippen molar-refractivity contribution >= 4 is 16.8 Å². The standard InChI is InChI=1S/C12H15N3O/c1-2-9(13-5-1)8-15-12-10-4-7-16-11(10)3-6-14-12/h3-4,6-7,9,13H,1-2,5,8H2,(H,14,15). The van der Waals surface area contributed by atoms with E-state index in [1.54, 1.807) is 12.5 Å². The number of nitrogens with zero attached hydrogens (tertiary/aromatic N) is 1. The fourth-order valence-electron chi connectivity index (χ4n) is 2.19. The number of aromatic nitrogens is 1. The highest BCUT2D eigenvalue weighted by Crippen LogP contribution is 2.21. The molecule has 0 bridgehead atoms. The maximum absolute atomic E-state index is 5.33. The molecule has 1 saturated heterocycles. The molecule has 0 amide bonds. The van der Waals surface area contributed by atoms with E-state index in [-0.39, 0.29) is 0 Å². The number of hydrogen-bond acceptors (Lipinski definition) is 4. The van der Waals surface area contributed by atoms with Gasteiger partial charge in [0.25, 0.3) is 0 Å². The maximum atomic E-state index is 5.33. The second kappa shape index (κ2) is 4.14.